The molecule has 0 atom stereocenters. The van der Waals surface area contributed by atoms with Crippen LogP contribution in [0, 0.1) is 11.3 Å². The molecule has 0 bridgehead atoms. The number of anilines is 1. The Bertz CT molecular complexity index is 1260. The van der Waals surface area contributed by atoms with Gasteiger partial charge >= 0.3 is 5.69 Å². The topological polar surface area (TPSA) is 109 Å². The van der Waals surface area contributed by atoms with Crippen LogP contribution >= 0.6 is 11.6 Å². The van der Waals surface area contributed by atoms with Crippen LogP contribution in [0.25, 0.3) is 6.08 Å². The molecule has 0 aliphatic rings. The Labute approximate surface area is 182 Å². The zero-order valence-electron chi connectivity index (χ0n) is 16.6. The second-order valence-corrected chi connectivity index (χ2v) is 6.78. The quantitative estimate of drug-likeness (QED) is 0.520. The number of benzene rings is 2. The van der Waals surface area contributed by atoms with Crippen molar-refractivity contribution in [3.05, 3.63) is 86.2 Å². The summed E-state index contributed by atoms with van der Waals surface area (Å²) in [7, 11) is 1.78. The number of nitrogens with zero attached hydrogens (tertiary/aromatic N) is 2. The number of nitriles is 1. The fourth-order valence-electron chi connectivity index (χ4n) is 2.73. The van der Waals surface area contributed by atoms with Crippen LogP contribution in [0.2, 0.25) is 5.02 Å². The van der Waals surface area contributed by atoms with E-state index in [-0.39, 0.29) is 13.2 Å². The van der Waals surface area contributed by atoms with E-state index in [0.29, 0.717) is 22.3 Å². The minimum atomic E-state index is -0.506. The van der Waals surface area contributed by atoms with Crippen molar-refractivity contribution in [1.29, 1.82) is 5.26 Å². The van der Waals surface area contributed by atoms with Crippen LogP contribution in [-0.2, 0) is 6.54 Å². The van der Waals surface area contributed by atoms with Crippen molar-refractivity contribution in [3.8, 4) is 23.3 Å². The molecule has 158 valence electrons. The lowest BCUT2D eigenvalue weighted by Crippen LogP contribution is -2.30. The first-order chi connectivity index (χ1) is 15.0. The van der Waals surface area contributed by atoms with Gasteiger partial charge in [-0.15, -0.1) is 0 Å². The summed E-state index contributed by atoms with van der Waals surface area (Å²) in [6.45, 7) is 0.403. The Morgan fingerprint density at radius 2 is 2.03 bits per heavy atom. The third kappa shape index (κ3) is 6.01. The van der Waals surface area contributed by atoms with Crippen LogP contribution in [0.1, 0.15) is 5.56 Å². The highest BCUT2D eigenvalue weighted by atomic mass is 35.5. The van der Waals surface area contributed by atoms with E-state index in [0.717, 1.165) is 11.3 Å². The molecule has 0 unspecified atom stereocenters. The lowest BCUT2D eigenvalue weighted by molar-refractivity contribution is 0.283. The highest BCUT2D eigenvalue weighted by Gasteiger charge is 2.10. The average molecular weight is 439 g/mol. The van der Waals surface area contributed by atoms with Gasteiger partial charge in [0.05, 0.1) is 12.6 Å². The van der Waals surface area contributed by atoms with Gasteiger partial charge in [-0.05, 0) is 42.0 Å². The maximum absolute atomic E-state index is 11.8. The van der Waals surface area contributed by atoms with Crippen molar-refractivity contribution in [1.82, 2.24) is 9.55 Å². The van der Waals surface area contributed by atoms with Crippen LogP contribution < -0.4 is 26.0 Å². The van der Waals surface area contributed by atoms with Crippen molar-refractivity contribution in [2.45, 2.75) is 6.54 Å². The zero-order valence-corrected chi connectivity index (χ0v) is 17.3. The van der Waals surface area contributed by atoms with Gasteiger partial charge in [0.1, 0.15) is 12.4 Å². The molecule has 0 saturated heterocycles. The summed E-state index contributed by atoms with van der Waals surface area (Å²) in [4.78, 5) is 25.2. The number of hydrogen-bond donors (Lipinski definition) is 2. The van der Waals surface area contributed by atoms with Crippen LogP contribution in [0.15, 0.2) is 64.3 Å². The molecule has 1 heterocycles. The molecule has 0 radical (unpaired) electrons. The van der Waals surface area contributed by atoms with Gasteiger partial charge in [0.2, 0.25) is 0 Å². The number of aromatic nitrogens is 2. The van der Waals surface area contributed by atoms with Crippen molar-refractivity contribution >= 4 is 23.4 Å². The van der Waals surface area contributed by atoms with E-state index in [1.807, 2.05) is 12.1 Å². The van der Waals surface area contributed by atoms with Crippen molar-refractivity contribution in [2.24, 2.45) is 0 Å². The maximum Gasteiger partial charge on any atom is 0.328 e. The van der Waals surface area contributed by atoms with Crippen molar-refractivity contribution in [3.63, 3.8) is 0 Å². The van der Waals surface area contributed by atoms with Gasteiger partial charge in [-0.3, -0.25) is 14.3 Å². The van der Waals surface area contributed by atoms with E-state index in [2.05, 4.69) is 10.3 Å². The number of ether oxygens (including phenoxy) is 2. The molecule has 0 fully saturated rings. The van der Waals surface area contributed by atoms with Crippen LogP contribution in [0.4, 0.5) is 5.69 Å². The van der Waals surface area contributed by atoms with Crippen LogP contribution in [0.3, 0.4) is 0 Å². The van der Waals surface area contributed by atoms with E-state index in [4.69, 9.17) is 26.3 Å². The summed E-state index contributed by atoms with van der Waals surface area (Å²) in [6.07, 6.45) is 4.39. The molecule has 0 saturated carbocycles. The lowest BCUT2D eigenvalue weighted by atomic mass is 10.2. The number of allylic oxidation sites excluding steroid dienone is 1. The Kier molecular flexibility index (Phi) is 7.14. The third-order valence-corrected chi connectivity index (χ3v) is 4.41. The van der Waals surface area contributed by atoms with E-state index in [1.165, 1.54) is 22.9 Å². The number of aromatic amines is 1. The molecular formula is C22H19ClN4O4. The summed E-state index contributed by atoms with van der Waals surface area (Å²) in [5, 5.41) is 12.2. The van der Waals surface area contributed by atoms with E-state index < -0.39 is 11.2 Å². The lowest BCUT2D eigenvalue weighted by Gasteiger charge is -2.15. The second-order valence-electron chi connectivity index (χ2n) is 6.35. The van der Waals surface area contributed by atoms with E-state index >= 15 is 0 Å². The van der Waals surface area contributed by atoms with Crippen molar-refractivity contribution < 1.29 is 9.47 Å². The molecular weight excluding hydrogens is 420 g/mol. The molecule has 31 heavy (non-hydrogen) atoms. The summed E-state index contributed by atoms with van der Waals surface area (Å²) >= 11 is 6.16. The van der Waals surface area contributed by atoms with Gasteiger partial charge in [0.25, 0.3) is 5.56 Å². The smallest absolute Gasteiger partial charge is 0.328 e. The van der Waals surface area contributed by atoms with Gasteiger partial charge in [0, 0.05) is 42.2 Å². The van der Waals surface area contributed by atoms with Gasteiger partial charge in [-0.2, -0.15) is 5.26 Å². The predicted octanol–water partition coefficient (Wildman–Crippen LogP) is 3.64. The summed E-state index contributed by atoms with van der Waals surface area (Å²) < 4.78 is 13.2. The monoisotopic (exact) mass is 438 g/mol. The van der Waals surface area contributed by atoms with Crippen LogP contribution in [0.5, 0.6) is 17.2 Å². The van der Waals surface area contributed by atoms with Gasteiger partial charge in [-0.25, -0.2) is 4.79 Å². The normalized spacial score (nSPS) is 10.6. The molecule has 3 aromatic rings. The van der Waals surface area contributed by atoms with Gasteiger partial charge in [0.15, 0.2) is 11.5 Å². The first kappa shape index (κ1) is 21.7. The molecule has 9 heteroatoms. The fraction of sp³-hybridized carbons (Fsp3) is 0.136. The molecule has 0 aliphatic carbocycles. The molecule has 0 spiro atoms. The second kappa shape index (κ2) is 10.2. The molecule has 0 amide bonds. The highest BCUT2D eigenvalue weighted by Crippen LogP contribution is 2.35. The molecule has 2 N–H and O–H groups in total. The van der Waals surface area contributed by atoms with Gasteiger partial charge in [-0.1, -0.05) is 11.6 Å². The number of nitrogens with one attached hydrogen (secondary N) is 2. The SMILES string of the molecule is CNc1ccc(Oc2cc(Cl)cc(/C=C/C#N)c2)c(OCCn2ccc(=O)[nH]c2=O)c1. The first-order valence-corrected chi connectivity index (χ1v) is 9.65. The Balaban J connectivity index is 1.81. The molecule has 2 aromatic carbocycles. The summed E-state index contributed by atoms with van der Waals surface area (Å²) in [5.74, 6) is 1.38. The number of H-pyrrole nitrogens is 1. The largest absolute Gasteiger partial charge is 0.488 e. The molecule has 3 rings (SSSR count). The summed E-state index contributed by atoms with van der Waals surface area (Å²) in [5.41, 5.74) is 0.571. The number of hydrogen-bond acceptors (Lipinski definition) is 6. The minimum Gasteiger partial charge on any atom is -0.488 e. The van der Waals surface area contributed by atoms with Crippen LogP contribution in [-0.4, -0.2) is 23.2 Å². The molecule has 0 aliphatic heterocycles. The van der Waals surface area contributed by atoms with Crippen molar-refractivity contribution in [2.75, 3.05) is 19.0 Å². The Morgan fingerprint density at radius 3 is 2.77 bits per heavy atom. The van der Waals surface area contributed by atoms with E-state index in [9.17, 15) is 9.59 Å². The number of halogens is 1. The van der Waals surface area contributed by atoms with Gasteiger partial charge < -0.3 is 14.8 Å². The first-order valence-electron chi connectivity index (χ1n) is 9.27. The molecule has 1 aromatic heterocycles. The van der Waals surface area contributed by atoms with E-state index in [1.54, 1.807) is 43.5 Å². The summed E-state index contributed by atoms with van der Waals surface area (Å²) in [6, 6.07) is 13.7. The number of rotatable bonds is 8. The Hall–Kier alpha value is -3.96. The molecule has 8 nitrogen and oxygen atoms in total. The zero-order chi connectivity index (χ0) is 22.2. The predicted molar refractivity (Wildman–Crippen MR) is 119 cm³/mol. The minimum absolute atomic E-state index is 0.168. The highest BCUT2D eigenvalue weighted by molar-refractivity contribution is 6.30. The third-order valence-electron chi connectivity index (χ3n) is 4.19. The Morgan fingerprint density at radius 1 is 1.19 bits per heavy atom. The average Bonchev–Trinajstić information content (AvgIpc) is 2.74. The maximum atomic E-state index is 11.8. The standard InChI is InChI=1S/C22H19ClN4O4/c1-25-17-4-5-19(31-18-12-15(3-2-7-24)11-16(23)13-18)20(14-17)30-10-9-27-8-6-21(28)26-22(27)29/h2-6,8,11-14,25H,9-10H2,1H3,(H,26,28,29)/b3-2+. The fourth-order valence-corrected chi connectivity index (χ4v) is 2.97.